The van der Waals surface area contributed by atoms with Crippen molar-refractivity contribution in [3.63, 3.8) is 0 Å². The number of benzene rings is 1. The number of aromatic nitrogens is 2. The second-order valence-corrected chi connectivity index (χ2v) is 5.40. The lowest BCUT2D eigenvalue weighted by atomic mass is 10.1. The number of hydrogen-bond acceptors (Lipinski definition) is 2. The topological polar surface area (TPSA) is 43.8 Å². The molecule has 2 rings (SSSR count). The van der Waals surface area contributed by atoms with E-state index >= 15 is 0 Å². The van der Waals surface area contributed by atoms with Crippen LogP contribution in [0.15, 0.2) is 28.7 Å². The van der Waals surface area contributed by atoms with Gasteiger partial charge in [0.1, 0.15) is 4.99 Å². The number of thiocarbonyl (C=S) groups is 1. The van der Waals surface area contributed by atoms with Crippen molar-refractivity contribution in [2.45, 2.75) is 20.4 Å². The highest BCUT2D eigenvalue weighted by Gasteiger charge is 2.11. The number of hydrogen-bond donors (Lipinski definition) is 1. The second kappa shape index (κ2) is 5.20. The van der Waals surface area contributed by atoms with E-state index in [0.29, 0.717) is 11.5 Å². The van der Waals surface area contributed by atoms with Crippen LogP contribution in [0.5, 0.6) is 0 Å². The van der Waals surface area contributed by atoms with E-state index in [-0.39, 0.29) is 0 Å². The van der Waals surface area contributed by atoms with Crippen molar-refractivity contribution < 1.29 is 0 Å². The van der Waals surface area contributed by atoms with Gasteiger partial charge >= 0.3 is 0 Å². The summed E-state index contributed by atoms with van der Waals surface area (Å²) in [5, 5.41) is 4.49. The molecule has 18 heavy (non-hydrogen) atoms. The molecule has 2 N–H and O–H groups in total. The van der Waals surface area contributed by atoms with Gasteiger partial charge in [-0.3, -0.25) is 4.68 Å². The minimum absolute atomic E-state index is 0.422. The fourth-order valence-electron chi connectivity index (χ4n) is 1.89. The Kier molecular flexibility index (Phi) is 3.82. The van der Waals surface area contributed by atoms with Gasteiger partial charge in [0.2, 0.25) is 0 Å². The van der Waals surface area contributed by atoms with E-state index in [4.69, 9.17) is 18.0 Å². The zero-order valence-corrected chi connectivity index (χ0v) is 12.7. The van der Waals surface area contributed by atoms with Crippen LogP contribution in [-0.4, -0.2) is 14.8 Å². The molecular weight excluding hydrogens is 310 g/mol. The fraction of sp³-hybridized carbons (Fsp3) is 0.231. The van der Waals surface area contributed by atoms with Crippen LogP contribution >= 0.6 is 28.1 Å². The van der Waals surface area contributed by atoms with Crippen LogP contribution in [0.2, 0.25) is 0 Å². The summed E-state index contributed by atoms with van der Waals surface area (Å²) >= 11 is 8.60. The van der Waals surface area contributed by atoms with Gasteiger partial charge in [0, 0.05) is 5.56 Å². The number of rotatable bonds is 3. The van der Waals surface area contributed by atoms with Gasteiger partial charge in [0.05, 0.1) is 22.4 Å². The van der Waals surface area contributed by atoms with Crippen LogP contribution in [0.3, 0.4) is 0 Å². The predicted octanol–water partition coefficient (Wildman–Crippen LogP) is 2.94. The summed E-state index contributed by atoms with van der Waals surface area (Å²) in [6, 6.07) is 7.89. The molecule has 94 valence electrons. The Morgan fingerprint density at radius 2 is 2.06 bits per heavy atom. The number of aryl methyl sites for hydroxylation is 1. The van der Waals surface area contributed by atoms with Crippen LogP contribution in [-0.2, 0) is 6.54 Å². The molecule has 0 aliphatic rings. The van der Waals surface area contributed by atoms with Crippen molar-refractivity contribution in [3.8, 4) is 0 Å². The van der Waals surface area contributed by atoms with Crippen molar-refractivity contribution in [1.82, 2.24) is 9.78 Å². The van der Waals surface area contributed by atoms with Crippen LogP contribution in [0.1, 0.15) is 22.5 Å². The summed E-state index contributed by atoms with van der Waals surface area (Å²) in [7, 11) is 0. The smallest absolute Gasteiger partial charge is 0.104 e. The third kappa shape index (κ3) is 2.47. The summed E-state index contributed by atoms with van der Waals surface area (Å²) in [6.07, 6.45) is 0. The highest BCUT2D eigenvalue weighted by Crippen LogP contribution is 2.21. The quantitative estimate of drug-likeness (QED) is 0.883. The summed E-state index contributed by atoms with van der Waals surface area (Å²) in [5.41, 5.74) is 9.82. The highest BCUT2D eigenvalue weighted by molar-refractivity contribution is 9.10. The molecule has 0 aliphatic heterocycles. The van der Waals surface area contributed by atoms with Crippen LogP contribution in [0.4, 0.5) is 0 Å². The number of nitrogens with two attached hydrogens (primary N) is 1. The molecule has 1 aromatic heterocycles. The predicted molar refractivity (Wildman–Crippen MR) is 80.8 cm³/mol. The first kappa shape index (κ1) is 13.2. The van der Waals surface area contributed by atoms with Crippen LogP contribution in [0, 0.1) is 13.8 Å². The van der Waals surface area contributed by atoms with Gasteiger partial charge in [-0.2, -0.15) is 5.10 Å². The Morgan fingerprint density at radius 3 is 2.61 bits per heavy atom. The maximum Gasteiger partial charge on any atom is 0.104 e. The standard InChI is InChI=1S/C13H14BrN3S/c1-8-12(14)9(2)17(16-8)7-10-5-3-4-6-11(10)13(15)18/h3-6H,7H2,1-2H3,(H2,15,18). The molecular formula is C13H14BrN3S. The van der Waals surface area contributed by atoms with Gasteiger partial charge in [0.25, 0.3) is 0 Å². The Labute approximate surface area is 120 Å². The molecule has 0 saturated carbocycles. The Morgan fingerprint density at radius 1 is 1.39 bits per heavy atom. The maximum absolute atomic E-state index is 5.73. The molecule has 2 aromatic rings. The van der Waals surface area contributed by atoms with E-state index in [1.165, 1.54) is 0 Å². The van der Waals surface area contributed by atoms with Gasteiger partial charge < -0.3 is 5.73 Å². The highest BCUT2D eigenvalue weighted by atomic mass is 79.9. The second-order valence-electron chi connectivity index (χ2n) is 4.16. The summed E-state index contributed by atoms with van der Waals surface area (Å²) in [5.74, 6) is 0. The van der Waals surface area contributed by atoms with E-state index in [9.17, 15) is 0 Å². The molecule has 0 unspecified atom stereocenters. The molecule has 1 heterocycles. The molecule has 3 nitrogen and oxygen atoms in total. The molecule has 0 amide bonds. The van der Waals surface area contributed by atoms with E-state index in [0.717, 1.165) is 27.0 Å². The first-order valence-corrected chi connectivity index (χ1v) is 6.78. The lowest BCUT2D eigenvalue weighted by Gasteiger charge is -2.09. The van der Waals surface area contributed by atoms with Crippen LogP contribution < -0.4 is 5.73 Å². The Balaban J connectivity index is 2.40. The van der Waals surface area contributed by atoms with E-state index < -0.39 is 0 Å². The summed E-state index contributed by atoms with van der Waals surface area (Å²) in [6.45, 7) is 4.69. The van der Waals surface area contributed by atoms with Crippen molar-refractivity contribution in [2.24, 2.45) is 5.73 Å². The fourth-order valence-corrected chi connectivity index (χ4v) is 2.37. The molecule has 0 aliphatic carbocycles. The van der Waals surface area contributed by atoms with Gasteiger partial charge in [-0.1, -0.05) is 36.5 Å². The summed E-state index contributed by atoms with van der Waals surface area (Å²) in [4.78, 5) is 0.422. The molecule has 5 heteroatoms. The lowest BCUT2D eigenvalue weighted by molar-refractivity contribution is 0.658. The monoisotopic (exact) mass is 323 g/mol. The number of halogens is 1. The zero-order chi connectivity index (χ0) is 13.3. The molecule has 0 spiro atoms. The average molecular weight is 324 g/mol. The molecule has 0 fully saturated rings. The van der Waals surface area contributed by atoms with E-state index in [1.54, 1.807) is 0 Å². The molecule has 0 bridgehead atoms. The largest absolute Gasteiger partial charge is 0.389 e. The lowest BCUT2D eigenvalue weighted by Crippen LogP contribution is -2.14. The third-order valence-electron chi connectivity index (χ3n) is 2.90. The Hall–Kier alpha value is -1.20. The van der Waals surface area contributed by atoms with Gasteiger partial charge in [-0.05, 0) is 35.3 Å². The average Bonchev–Trinajstić information content (AvgIpc) is 2.57. The Bertz CT molecular complexity index is 604. The van der Waals surface area contributed by atoms with Crippen molar-refractivity contribution in [2.75, 3.05) is 0 Å². The molecule has 0 saturated heterocycles. The van der Waals surface area contributed by atoms with Crippen molar-refractivity contribution in [3.05, 3.63) is 51.3 Å². The molecule has 1 aromatic carbocycles. The molecule has 0 radical (unpaired) electrons. The van der Waals surface area contributed by atoms with Gasteiger partial charge in [-0.15, -0.1) is 0 Å². The summed E-state index contributed by atoms with van der Waals surface area (Å²) < 4.78 is 3.01. The van der Waals surface area contributed by atoms with Crippen molar-refractivity contribution >= 4 is 33.1 Å². The minimum Gasteiger partial charge on any atom is -0.389 e. The minimum atomic E-state index is 0.422. The maximum atomic E-state index is 5.73. The van der Waals surface area contributed by atoms with Gasteiger partial charge in [0.15, 0.2) is 0 Å². The van der Waals surface area contributed by atoms with E-state index in [1.807, 2.05) is 42.8 Å². The van der Waals surface area contributed by atoms with Gasteiger partial charge in [-0.25, -0.2) is 0 Å². The van der Waals surface area contributed by atoms with Crippen molar-refractivity contribution in [1.29, 1.82) is 0 Å². The number of nitrogens with zero attached hydrogens (tertiary/aromatic N) is 2. The SMILES string of the molecule is Cc1nn(Cc2ccccc2C(N)=S)c(C)c1Br. The third-order valence-corrected chi connectivity index (χ3v) is 4.26. The van der Waals surface area contributed by atoms with E-state index in [2.05, 4.69) is 21.0 Å². The zero-order valence-electron chi connectivity index (χ0n) is 10.3. The van der Waals surface area contributed by atoms with Crippen LogP contribution in [0.25, 0.3) is 0 Å². The first-order valence-electron chi connectivity index (χ1n) is 5.58. The normalized spacial score (nSPS) is 10.6. The molecule has 0 atom stereocenters. The first-order chi connectivity index (χ1) is 8.50.